The predicted molar refractivity (Wildman–Crippen MR) is 85.5 cm³/mol. The number of benzene rings is 2. The summed E-state index contributed by atoms with van der Waals surface area (Å²) < 4.78 is 5.27. The second-order valence-corrected chi connectivity index (χ2v) is 4.79. The molecule has 21 heavy (non-hydrogen) atoms. The van der Waals surface area contributed by atoms with Crippen LogP contribution < -0.4 is 21.1 Å². The van der Waals surface area contributed by atoms with Crippen LogP contribution >= 0.6 is 11.6 Å². The molecule has 0 aliphatic rings. The van der Waals surface area contributed by atoms with Crippen molar-refractivity contribution in [2.45, 2.75) is 0 Å². The van der Waals surface area contributed by atoms with Crippen molar-refractivity contribution in [2.24, 2.45) is 0 Å². The molecule has 2 aromatic rings. The van der Waals surface area contributed by atoms with Crippen LogP contribution in [0.2, 0.25) is 5.02 Å². The zero-order valence-electron chi connectivity index (χ0n) is 11.7. The van der Waals surface area contributed by atoms with Crippen molar-refractivity contribution in [3.63, 3.8) is 0 Å². The molecule has 0 aromatic heterocycles. The lowest BCUT2D eigenvalue weighted by molar-refractivity contribution is 0.0963. The van der Waals surface area contributed by atoms with Crippen LogP contribution in [0.15, 0.2) is 36.4 Å². The van der Waals surface area contributed by atoms with Gasteiger partial charge in [0.2, 0.25) is 0 Å². The highest BCUT2D eigenvalue weighted by Crippen LogP contribution is 2.32. The largest absolute Gasteiger partial charge is 0.495 e. The van der Waals surface area contributed by atoms with Crippen molar-refractivity contribution >= 4 is 34.6 Å². The molecule has 0 heterocycles. The fraction of sp³-hybridized carbons (Fsp3) is 0.133. The number of hydrogen-bond acceptors (Lipinski definition) is 4. The predicted octanol–water partition coefficient (Wildman–Crippen LogP) is 3.03. The second-order valence-electron chi connectivity index (χ2n) is 4.35. The van der Waals surface area contributed by atoms with Crippen LogP contribution in [0, 0.1) is 0 Å². The zero-order chi connectivity index (χ0) is 15.4. The molecular weight excluding hydrogens is 290 g/mol. The molecule has 0 radical (unpaired) electrons. The Morgan fingerprint density at radius 1 is 1.19 bits per heavy atom. The minimum absolute atomic E-state index is 0.184. The fourth-order valence-corrected chi connectivity index (χ4v) is 2.05. The molecular formula is C15H16ClN3O2. The zero-order valence-corrected chi connectivity index (χ0v) is 12.5. The lowest BCUT2D eigenvalue weighted by Gasteiger charge is -2.14. The number of nitrogens with one attached hydrogen (secondary N) is 2. The molecule has 0 spiro atoms. The van der Waals surface area contributed by atoms with Gasteiger partial charge in [-0.25, -0.2) is 0 Å². The number of rotatable bonds is 4. The Bertz CT molecular complexity index is 674. The van der Waals surface area contributed by atoms with E-state index < -0.39 is 0 Å². The maximum Gasteiger partial charge on any atom is 0.251 e. The maximum absolute atomic E-state index is 11.7. The molecule has 0 aliphatic heterocycles. The lowest BCUT2D eigenvalue weighted by atomic mass is 10.1. The molecule has 110 valence electrons. The van der Waals surface area contributed by atoms with Gasteiger partial charge in [0.1, 0.15) is 5.75 Å². The van der Waals surface area contributed by atoms with Crippen LogP contribution in [0.4, 0.5) is 17.1 Å². The van der Waals surface area contributed by atoms with Gasteiger partial charge in [0.15, 0.2) is 0 Å². The van der Waals surface area contributed by atoms with E-state index in [0.717, 1.165) is 0 Å². The SMILES string of the molecule is CNC(=O)c1ccc(N)c(Nc2cc(Cl)ccc2OC)c1. The number of anilines is 3. The Kier molecular flexibility index (Phi) is 4.55. The van der Waals surface area contributed by atoms with Gasteiger partial charge in [-0.3, -0.25) is 4.79 Å². The van der Waals surface area contributed by atoms with Crippen LogP contribution in [0.1, 0.15) is 10.4 Å². The molecule has 2 aromatic carbocycles. The number of ether oxygens (including phenoxy) is 1. The number of nitrogen functional groups attached to an aromatic ring is 1. The Morgan fingerprint density at radius 3 is 2.62 bits per heavy atom. The van der Waals surface area contributed by atoms with E-state index in [1.807, 2.05) is 0 Å². The number of carbonyl (C=O) groups excluding carboxylic acids is 1. The Morgan fingerprint density at radius 2 is 1.95 bits per heavy atom. The van der Waals surface area contributed by atoms with E-state index in [4.69, 9.17) is 22.1 Å². The standard InChI is InChI=1S/C15H16ClN3O2/c1-18-15(20)9-3-5-11(17)12(7-9)19-13-8-10(16)4-6-14(13)21-2/h3-8,19H,17H2,1-2H3,(H,18,20). The highest BCUT2D eigenvalue weighted by atomic mass is 35.5. The summed E-state index contributed by atoms with van der Waals surface area (Å²) in [6.45, 7) is 0. The number of halogens is 1. The molecule has 0 unspecified atom stereocenters. The number of hydrogen-bond donors (Lipinski definition) is 3. The molecule has 0 atom stereocenters. The van der Waals surface area contributed by atoms with Gasteiger partial charge in [-0.05, 0) is 36.4 Å². The summed E-state index contributed by atoms with van der Waals surface area (Å²) in [5, 5.41) is 6.28. The van der Waals surface area contributed by atoms with E-state index in [9.17, 15) is 4.79 Å². The molecule has 0 bridgehead atoms. The topological polar surface area (TPSA) is 76.4 Å². The smallest absolute Gasteiger partial charge is 0.251 e. The van der Waals surface area contributed by atoms with Gasteiger partial charge in [0.05, 0.1) is 24.2 Å². The molecule has 0 fully saturated rings. The minimum atomic E-state index is -0.184. The molecule has 2 rings (SSSR count). The van der Waals surface area contributed by atoms with E-state index in [2.05, 4.69) is 10.6 Å². The molecule has 5 nitrogen and oxygen atoms in total. The van der Waals surface area contributed by atoms with Crippen molar-refractivity contribution in [3.8, 4) is 5.75 Å². The third kappa shape index (κ3) is 3.38. The van der Waals surface area contributed by atoms with Gasteiger partial charge < -0.3 is 21.1 Å². The van der Waals surface area contributed by atoms with Crippen molar-refractivity contribution in [3.05, 3.63) is 47.0 Å². The van der Waals surface area contributed by atoms with Crippen LogP contribution in [-0.2, 0) is 0 Å². The van der Waals surface area contributed by atoms with Gasteiger partial charge in [0.25, 0.3) is 5.91 Å². The monoisotopic (exact) mass is 305 g/mol. The summed E-state index contributed by atoms with van der Waals surface area (Å²) in [6, 6.07) is 10.2. The van der Waals surface area contributed by atoms with Crippen molar-refractivity contribution in [1.29, 1.82) is 0 Å². The molecule has 4 N–H and O–H groups in total. The van der Waals surface area contributed by atoms with Crippen molar-refractivity contribution < 1.29 is 9.53 Å². The summed E-state index contributed by atoms with van der Waals surface area (Å²) in [4.78, 5) is 11.7. The van der Waals surface area contributed by atoms with E-state index in [0.29, 0.717) is 33.4 Å². The molecule has 0 aliphatic carbocycles. The Labute approximate surface area is 128 Å². The van der Waals surface area contributed by atoms with E-state index in [-0.39, 0.29) is 5.91 Å². The van der Waals surface area contributed by atoms with Gasteiger partial charge in [-0.1, -0.05) is 11.6 Å². The quantitative estimate of drug-likeness (QED) is 0.759. The summed E-state index contributed by atoms with van der Waals surface area (Å²) >= 11 is 5.99. The van der Waals surface area contributed by atoms with Gasteiger partial charge in [-0.15, -0.1) is 0 Å². The first-order valence-corrected chi connectivity index (χ1v) is 6.65. The number of carbonyl (C=O) groups is 1. The summed E-state index contributed by atoms with van der Waals surface area (Å²) in [5.74, 6) is 0.445. The average Bonchev–Trinajstić information content (AvgIpc) is 2.49. The minimum Gasteiger partial charge on any atom is -0.495 e. The van der Waals surface area contributed by atoms with Gasteiger partial charge >= 0.3 is 0 Å². The van der Waals surface area contributed by atoms with Crippen molar-refractivity contribution in [1.82, 2.24) is 5.32 Å². The van der Waals surface area contributed by atoms with Crippen LogP contribution in [0.5, 0.6) is 5.75 Å². The van der Waals surface area contributed by atoms with Crippen LogP contribution in [0.3, 0.4) is 0 Å². The molecule has 6 heteroatoms. The Balaban J connectivity index is 2.39. The summed E-state index contributed by atoms with van der Waals surface area (Å²) in [5.41, 5.74) is 8.25. The maximum atomic E-state index is 11.7. The molecule has 0 saturated carbocycles. The second kappa shape index (κ2) is 6.37. The fourth-order valence-electron chi connectivity index (χ4n) is 1.87. The van der Waals surface area contributed by atoms with Gasteiger partial charge in [0, 0.05) is 17.6 Å². The number of amides is 1. The van der Waals surface area contributed by atoms with E-state index >= 15 is 0 Å². The summed E-state index contributed by atoms with van der Waals surface area (Å²) in [6.07, 6.45) is 0. The van der Waals surface area contributed by atoms with E-state index in [1.165, 1.54) is 0 Å². The third-order valence-corrected chi connectivity index (χ3v) is 3.21. The first-order chi connectivity index (χ1) is 10.0. The van der Waals surface area contributed by atoms with Crippen LogP contribution in [0.25, 0.3) is 0 Å². The number of methoxy groups -OCH3 is 1. The molecule has 1 amide bonds. The third-order valence-electron chi connectivity index (χ3n) is 2.97. The highest BCUT2D eigenvalue weighted by molar-refractivity contribution is 6.31. The van der Waals surface area contributed by atoms with E-state index in [1.54, 1.807) is 50.6 Å². The summed E-state index contributed by atoms with van der Waals surface area (Å²) in [7, 11) is 3.14. The first kappa shape index (κ1) is 15.0. The first-order valence-electron chi connectivity index (χ1n) is 6.27. The van der Waals surface area contributed by atoms with Crippen molar-refractivity contribution in [2.75, 3.05) is 25.2 Å². The molecule has 0 saturated heterocycles. The normalized spacial score (nSPS) is 10.0. The average molecular weight is 306 g/mol. The Hall–Kier alpha value is -2.40. The van der Waals surface area contributed by atoms with Gasteiger partial charge in [-0.2, -0.15) is 0 Å². The lowest BCUT2D eigenvalue weighted by Crippen LogP contribution is -2.18. The number of nitrogens with two attached hydrogens (primary N) is 1. The van der Waals surface area contributed by atoms with Crippen LogP contribution in [-0.4, -0.2) is 20.1 Å². The highest BCUT2D eigenvalue weighted by Gasteiger charge is 2.10.